The van der Waals surface area contributed by atoms with Gasteiger partial charge in [-0.3, -0.25) is 4.79 Å². The van der Waals surface area contributed by atoms with Crippen molar-refractivity contribution in [3.05, 3.63) is 117 Å². The van der Waals surface area contributed by atoms with Crippen molar-refractivity contribution >= 4 is 29.0 Å². The van der Waals surface area contributed by atoms with Crippen LogP contribution in [0.1, 0.15) is 27.0 Å². The maximum Gasteiger partial charge on any atom is 0.193 e. The molecule has 0 bridgehead atoms. The van der Waals surface area contributed by atoms with Crippen LogP contribution in [0.5, 0.6) is 23.0 Å². The number of nitrogens with zero attached hydrogens (tertiary/aromatic N) is 2. The van der Waals surface area contributed by atoms with Crippen molar-refractivity contribution in [1.29, 1.82) is 10.5 Å². The van der Waals surface area contributed by atoms with E-state index in [1.807, 2.05) is 12.1 Å². The molecule has 4 rings (SSSR count). The van der Waals surface area contributed by atoms with Crippen molar-refractivity contribution in [3.63, 3.8) is 0 Å². The van der Waals surface area contributed by atoms with Gasteiger partial charge in [-0.05, 0) is 72.8 Å². The summed E-state index contributed by atoms with van der Waals surface area (Å²) in [6, 6.07) is 27.1. The standard InChI is InChI=1S/C27H14Cl2N2O3/c28-23-3-1-5-25(21(23)15-30)33-19-11-7-17(8-12-19)27(32)18-9-13-20(14-10-18)34-26-6-2-4-24(29)22(26)16-31/h1-14H. The highest BCUT2D eigenvalue weighted by molar-refractivity contribution is 6.32. The zero-order valence-electron chi connectivity index (χ0n) is 17.5. The van der Waals surface area contributed by atoms with Gasteiger partial charge in [0.2, 0.25) is 0 Å². The van der Waals surface area contributed by atoms with Crippen LogP contribution >= 0.6 is 23.2 Å². The molecule has 0 N–H and O–H groups in total. The third-order valence-electron chi connectivity index (χ3n) is 4.86. The van der Waals surface area contributed by atoms with Crippen molar-refractivity contribution in [2.45, 2.75) is 0 Å². The van der Waals surface area contributed by atoms with Crippen LogP contribution in [0.25, 0.3) is 0 Å². The molecule has 0 fully saturated rings. The molecule has 0 amide bonds. The molecule has 0 aromatic heterocycles. The molecule has 0 heterocycles. The summed E-state index contributed by atoms with van der Waals surface area (Å²) < 4.78 is 11.5. The maximum absolute atomic E-state index is 12.9. The van der Waals surface area contributed by atoms with E-state index in [9.17, 15) is 15.3 Å². The number of rotatable bonds is 6. The van der Waals surface area contributed by atoms with Gasteiger partial charge < -0.3 is 9.47 Å². The average molecular weight is 485 g/mol. The van der Waals surface area contributed by atoms with Gasteiger partial charge in [-0.1, -0.05) is 35.3 Å². The van der Waals surface area contributed by atoms with E-state index in [1.165, 1.54) is 0 Å². The highest BCUT2D eigenvalue weighted by Gasteiger charge is 2.13. The van der Waals surface area contributed by atoms with Crippen molar-refractivity contribution in [3.8, 4) is 35.1 Å². The van der Waals surface area contributed by atoms with Crippen LogP contribution < -0.4 is 9.47 Å². The van der Waals surface area contributed by atoms with E-state index in [2.05, 4.69) is 0 Å². The number of carbonyl (C=O) groups excluding carboxylic acids is 1. The normalized spacial score (nSPS) is 10.1. The predicted molar refractivity (Wildman–Crippen MR) is 129 cm³/mol. The molecule has 0 unspecified atom stereocenters. The molecular weight excluding hydrogens is 471 g/mol. The van der Waals surface area contributed by atoms with E-state index in [1.54, 1.807) is 84.9 Å². The second-order valence-corrected chi connectivity index (χ2v) is 7.85. The maximum atomic E-state index is 12.9. The molecule has 0 radical (unpaired) electrons. The van der Waals surface area contributed by atoms with E-state index in [-0.39, 0.29) is 16.9 Å². The number of hydrogen-bond acceptors (Lipinski definition) is 5. The van der Waals surface area contributed by atoms with Gasteiger partial charge in [-0.15, -0.1) is 0 Å². The number of halogens is 2. The predicted octanol–water partition coefficient (Wildman–Crippen LogP) is 7.55. The fourth-order valence-electron chi connectivity index (χ4n) is 3.17. The minimum atomic E-state index is -0.181. The SMILES string of the molecule is N#Cc1c(Cl)cccc1Oc1ccc(C(=O)c2ccc(Oc3cccc(Cl)c3C#N)cc2)cc1. The lowest BCUT2D eigenvalue weighted by Crippen LogP contribution is -2.01. The Bertz CT molecular complexity index is 1340. The van der Waals surface area contributed by atoms with Crippen molar-refractivity contribution in [1.82, 2.24) is 0 Å². The molecule has 4 aromatic carbocycles. The molecule has 0 atom stereocenters. The Morgan fingerprint density at radius 3 is 1.35 bits per heavy atom. The molecule has 0 aliphatic carbocycles. The van der Waals surface area contributed by atoms with E-state index >= 15 is 0 Å². The minimum absolute atomic E-state index is 0.181. The number of nitriles is 2. The van der Waals surface area contributed by atoms with Crippen LogP contribution in [0.15, 0.2) is 84.9 Å². The first-order valence-electron chi connectivity index (χ1n) is 9.98. The van der Waals surface area contributed by atoms with Crippen molar-refractivity contribution in [2.75, 3.05) is 0 Å². The van der Waals surface area contributed by atoms with Crippen LogP contribution in [0.2, 0.25) is 10.0 Å². The zero-order chi connectivity index (χ0) is 24.1. The summed E-state index contributed by atoms with van der Waals surface area (Å²) in [5.74, 6) is 1.43. The first-order chi connectivity index (χ1) is 16.5. The van der Waals surface area contributed by atoms with Gasteiger partial charge >= 0.3 is 0 Å². The largest absolute Gasteiger partial charge is 0.456 e. The number of carbonyl (C=O) groups is 1. The van der Waals surface area contributed by atoms with Crippen LogP contribution in [0, 0.1) is 22.7 Å². The van der Waals surface area contributed by atoms with Gasteiger partial charge in [0.25, 0.3) is 0 Å². The Labute approximate surface area is 205 Å². The lowest BCUT2D eigenvalue weighted by atomic mass is 10.0. The molecule has 5 nitrogen and oxygen atoms in total. The Morgan fingerprint density at radius 2 is 1.00 bits per heavy atom. The number of ketones is 1. The quantitative estimate of drug-likeness (QED) is 0.263. The van der Waals surface area contributed by atoms with E-state index in [0.717, 1.165) is 0 Å². The molecule has 0 saturated heterocycles. The number of benzene rings is 4. The van der Waals surface area contributed by atoms with Crippen LogP contribution in [0.4, 0.5) is 0 Å². The first-order valence-corrected chi connectivity index (χ1v) is 10.7. The summed E-state index contributed by atoms with van der Waals surface area (Å²) in [6.07, 6.45) is 0. The molecule has 34 heavy (non-hydrogen) atoms. The molecule has 164 valence electrons. The van der Waals surface area contributed by atoms with Crippen LogP contribution in [0.3, 0.4) is 0 Å². The molecule has 0 spiro atoms. The highest BCUT2D eigenvalue weighted by Crippen LogP contribution is 2.31. The molecule has 0 aliphatic rings. The second-order valence-electron chi connectivity index (χ2n) is 7.03. The van der Waals surface area contributed by atoms with Gasteiger partial charge in [0, 0.05) is 11.1 Å². The van der Waals surface area contributed by atoms with Gasteiger partial charge in [0.05, 0.1) is 10.0 Å². The molecule has 0 aliphatic heterocycles. The summed E-state index contributed by atoms with van der Waals surface area (Å²) in [7, 11) is 0. The van der Waals surface area contributed by atoms with Crippen molar-refractivity contribution < 1.29 is 14.3 Å². The summed E-state index contributed by atoms with van der Waals surface area (Å²) >= 11 is 12.1. The summed E-state index contributed by atoms with van der Waals surface area (Å²) in [5.41, 5.74) is 1.42. The topological polar surface area (TPSA) is 83.1 Å². The molecule has 0 saturated carbocycles. The molecule has 7 heteroatoms. The Morgan fingerprint density at radius 1 is 0.618 bits per heavy atom. The van der Waals surface area contributed by atoms with Crippen molar-refractivity contribution in [2.24, 2.45) is 0 Å². The smallest absolute Gasteiger partial charge is 0.193 e. The van der Waals surface area contributed by atoms with Crippen LogP contribution in [-0.2, 0) is 0 Å². The Balaban J connectivity index is 1.48. The Kier molecular flexibility index (Phi) is 6.80. The third-order valence-corrected chi connectivity index (χ3v) is 5.49. The molecule has 4 aromatic rings. The van der Waals surface area contributed by atoms with E-state index in [0.29, 0.717) is 44.2 Å². The van der Waals surface area contributed by atoms with Gasteiger partial charge in [-0.2, -0.15) is 10.5 Å². The lowest BCUT2D eigenvalue weighted by Gasteiger charge is -2.10. The van der Waals surface area contributed by atoms with E-state index < -0.39 is 0 Å². The number of ether oxygens (including phenoxy) is 2. The summed E-state index contributed by atoms with van der Waals surface area (Å²) in [5, 5.41) is 19.2. The van der Waals surface area contributed by atoms with Gasteiger partial charge in [0.15, 0.2) is 5.78 Å². The summed E-state index contributed by atoms with van der Waals surface area (Å²) in [4.78, 5) is 12.9. The average Bonchev–Trinajstić information content (AvgIpc) is 2.85. The van der Waals surface area contributed by atoms with Gasteiger partial charge in [0.1, 0.15) is 46.3 Å². The van der Waals surface area contributed by atoms with Crippen LogP contribution in [-0.4, -0.2) is 5.78 Å². The fraction of sp³-hybridized carbons (Fsp3) is 0. The first kappa shape index (κ1) is 22.9. The monoisotopic (exact) mass is 484 g/mol. The highest BCUT2D eigenvalue weighted by atomic mass is 35.5. The second kappa shape index (κ2) is 10.1. The minimum Gasteiger partial charge on any atom is -0.456 e. The number of hydrogen-bond donors (Lipinski definition) is 0. The molecular formula is C27H14Cl2N2O3. The van der Waals surface area contributed by atoms with Gasteiger partial charge in [-0.25, -0.2) is 0 Å². The van der Waals surface area contributed by atoms with E-state index in [4.69, 9.17) is 32.7 Å². The summed E-state index contributed by atoms with van der Waals surface area (Å²) in [6.45, 7) is 0. The lowest BCUT2D eigenvalue weighted by molar-refractivity contribution is 0.103. The Hall–Kier alpha value is -4.29. The zero-order valence-corrected chi connectivity index (χ0v) is 19.0. The fourth-order valence-corrected chi connectivity index (χ4v) is 3.58. The third kappa shape index (κ3) is 4.87.